The van der Waals surface area contributed by atoms with E-state index < -0.39 is 0 Å². The Morgan fingerprint density at radius 2 is 1.74 bits per heavy atom. The number of rotatable bonds is 11. The minimum Gasteiger partial charge on any atom is -0.490 e. The fraction of sp³-hybridized carbons (Fsp3) is 0.458. The molecule has 166 valence electrons. The molecule has 7 heteroatoms. The maximum absolute atomic E-state index is 11.2. The van der Waals surface area contributed by atoms with E-state index in [4.69, 9.17) is 9.72 Å². The van der Waals surface area contributed by atoms with Gasteiger partial charge in [0.25, 0.3) is 5.69 Å². The van der Waals surface area contributed by atoms with Gasteiger partial charge in [0, 0.05) is 30.8 Å². The lowest BCUT2D eigenvalue weighted by Crippen LogP contribution is -2.27. The lowest BCUT2D eigenvalue weighted by molar-refractivity contribution is -0.384. The number of non-ortho nitro benzene ring substituents is 1. The summed E-state index contributed by atoms with van der Waals surface area (Å²) in [6.45, 7) is 12.2. The van der Waals surface area contributed by atoms with Crippen LogP contribution in [0.2, 0.25) is 0 Å². The molecule has 0 saturated heterocycles. The van der Waals surface area contributed by atoms with E-state index in [0.717, 1.165) is 61.7 Å². The Morgan fingerprint density at radius 3 is 2.32 bits per heavy atom. The van der Waals surface area contributed by atoms with Crippen LogP contribution in [0.4, 0.5) is 5.69 Å². The van der Waals surface area contributed by atoms with Crippen LogP contribution in [0.1, 0.15) is 40.5 Å². The van der Waals surface area contributed by atoms with Crippen molar-refractivity contribution in [1.82, 2.24) is 14.5 Å². The fourth-order valence-electron chi connectivity index (χ4n) is 3.79. The summed E-state index contributed by atoms with van der Waals surface area (Å²) in [6, 6.07) is 12.9. The summed E-state index contributed by atoms with van der Waals surface area (Å²) in [4.78, 5) is 18.0. The van der Waals surface area contributed by atoms with Crippen LogP contribution in [0, 0.1) is 10.1 Å². The second kappa shape index (κ2) is 10.4. The summed E-state index contributed by atoms with van der Waals surface area (Å²) in [7, 11) is 0. The Kier molecular flexibility index (Phi) is 7.63. The molecule has 3 rings (SSSR count). The maximum atomic E-state index is 11.2. The number of nitro groups is 1. The van der Waals surface area contributed by atoms with Gasteiger partial charge in [-0.2, -0.15) is 0 Å². The lowest BCUT2D eigenvalue weighted by Gasteiger charge is -2.19. The maximum Gasteiger partial charge on any atom is 0.271 e. The van der Waals surface area contributed by atoms with Gasteiger partial charge in [-0.25, -0.2) is 4.98 Å². The number of hydrogen-bond donors (Lipinski definition) is 0. The number of likely N-dealkylation sites (N-methyl/N-ethyl adjacent to an activating group) is 1. The van der Waals surface area contributed by atoms with E-state index in [-0.39, 0.29) is 16.7 Å². The van der Waals surface area contributed by atoms with Crippen LogP contribution < -0.4 is 4.74 Å². The molecule has 0 bridgehead atoms. The van der Waals surface area contributed by atoms with Crippen molar-refractivity contribution in [2.75, 3.05) is 19.6 Å². The molecule has 0 fully saturated rings. The molecule has 7 nitrogen and oxygen atoms in total. The molecule has 0 N–H and O–H groups in total. The number of benzene rings is 2. The van der Waals surface area contributed by atoms with Gasteiger partial charge in [0.2, 0.25) is 0 Å². The SMILES string of the molecule is CCC(CC)Oc1ccc(-c2nc3cc([N+](=O)[O-])ccc3n2CCN(CC)CC)cc1. The first-order valence-corrected chi connectivity index (χ1v) is 11.1. The van der Waals surface area contributed by atoms with Gasteiger partial charge in [-0.15, -0.1) is 0 Å². The topological polar surface area (TPSA) is 73.4 Å². The molecule has 1 heterocycles. The van der Waals surface area contributed by atoms with Crippen LogP contribution >= 0.6 is 0 Å². The largest absolute Gasteiger partial charge is 0.490 e. The average Bonchev–Trinajstić information content (AvgIpc) is 3.16. The molecule has 3 aromatic rings. The van der Waals surface area contributed by atoms with Gasteiger partial charge in [-0.3, -0.25) is 10.1 Å². The van der Waals surface area contributed by atoms with Gasteiger partial charge in [0.05, 0.1) is 22.1 Å². The summed E-state index contributed by atoms with van der Waals surface area (Å²) >= 11 is 0. The molecule has 0 amide bonds. The van der Waals surface area contributed by atoms with Crippen LogP contribution in [0.15, 0.2) is 42.5 Å². The molecule has 0 unspecified atom stereocenters. The van der Waals surface area contributed by atoms with E-state index in [1.807, 2.05) is 24.3 Å². The van der Waals surface area contributed by atoms with Crippen LogP contribution in [0.5, 0.6) is 5.75 Å². The van der Waals surface area contributed by atoms with Gasteiger partial charge in [0.1, 0.15) is 11.6 Å². The molecule has 1 aromatic heterocycles. The lowest BCUT2D eigenvalue weighted by atomic mass is 10.2. The van der Waals surface area contributed by atoms with Crippen molar-refractivity contribution in [3.8, 4) is 17.1 Å². The Balaban J connectivity index is 1.98. The third-order valence-electron chi connectivity index (χ3n) is 5.80. The van der Waals surface area contributed by atoms with E-state index in [9.17, 15) is 10.1 Å². The minimum absolute atomic E-state index is 0.0568. The number of nitrogens with zero attached hydrogens (tertiary/aromatic N) is 4. The third-order valence-corrected chi connectivity index (χ3v) is 5.80. The highest BCUT2D eigenvalue weighted by Crippen LogP contribution is 2.29. The zero-order valence-corrected chi connectivity index (χ0v) is 18.9. The number of fused-ring (bicyclic) bond motifs is 1. The summed E-state index contributed by atoms with van der Waals surface area (Å²) in [5.41, 5.74) is 2.57. The number of nitro benzene ring substituents is 1. The highest BCUT2D eigenvalue weighted by Gasteiger charge is 2.17. The Hall–Kier alpha value is -2.93. The number of hydrogen-bond acceptors (Lipinski definition) is 5. The van der Waals surface area contributed by atoms with Gasteiger partial charge >= 0.3 is 0 Å². The van der Waals surface area contributed by atoms with E-state index in [0.29, 0.717) is 5.52 Å². The van der Waals surface area contributed by atoms with Crippen molar-refractivity contribution in [3.63, 3.8) is 0 Å². The molecule has 0 aliphatic carbocycles. The van der Waals surface area contributed by atoms with Crippen molar-refractivity contribution in [2.45, 2.75) is 53.2 Å². The molecular formula is C24H32N4O3. The molecule has 0 spiro atoms. The molecule has 2 aromatic carbocycles. The van der Waals surface area contributed by atoms with E-state index in [1.165, 1.54) is 0 Å². The zero-order valence-electron chi connectivity index (χ0n) is 18.9. The van der Waals surface area contributed by atoms with Gasteiger partial charge in [-0.05, 0) is 56.3 Å². The van der Waals surface area contributed by atoms with Crippen molar-refractivity contribution in [3.05, 3.63) is 52.6 Å². The highest BCUT2D eigenvalue weighted by molar-refractivity contribution is 5.82. The Bertz CT molecular complexity index is 1010. The molecule has 0 saturated carbocycles. The molecule has 0 atom stereocenters. The van der Waals surface area contributed by atoms with Crippen LogP contribution in [-0.2, 0) is 6.54 Å². The summed E-state index contributed by atoms with van der Waals surface area (Å²) in [5, 5.41) is 11.2. The summed E-state index contributed by atoms with van der Waals surface area (Å²) < 4.78 is 8.19. The second-order valence-electron chi connectivity index (χ2n) is 7.62. The number of imidazole rings is 1. The smallest absolute Gasteiger partial charge is 0.271 e. The zero-order chi connectivity index (χ0) is 22.4. The monoisotopic (exact) mass is 424 g/mol. The Morgan fingerprint density at radius 1 is 1.06 bits per heavy atom. The molecule has 31 heavy (non-hydrogen) atoms. The minimum atomic E-state index is -0.377. The first-order valence-electron chi connectivity index (χ1n) is 11.1. The van der Waals surface area contributed by atoms with E-state index in [1.54, 1.807) is 18.2 Å². The van der Waals surface area contributed by atoms with E-state index in [2.05, 4.69) is 37.2 Å². The fourth-order valence-corrected chi connectivity index (χ4v) is 3.79. The van der Waals surface area contributed by atoms with Crippen molar-refractivity contribution in [2.24, 2.45) is 0 Å². The predicted octanol–water partition coefficient (Wildman–Crippen LogP) is 5.52. The van der Waals surface area contributed by atoms with Crippen LogP contribution in [0.25, 0.3) is 22.4 Å². The van der Waals surface area contributed by atoms with Crippen molar-refractivity contribution in [1.29, 1.82) is 0 Å². The third kappa shape index (κ3) is 5.22. The van der Waals surface area contributed by atoms with Crippen LogP contribution in [-0.4, -0.2) is 45.1 Å². The first kappa shape index (κ1) is 22.7. The normalized spacial score (nSPS) is 11.5. The summed E-state index contributed by atoms with van der Waals surface area (Å²) in [5.74, 6) is 1.66. The second-order valence-corrected chi connectivity index (χ2v) is 7.62. The highest BCUT2D eigenvalue weighted by atomic mass is 16.6. The first-order chi connectivity index (χ1) is 15.0. The number of aromatic nitrogens is 2. The number of ether oxygens (including phenoxy) is 1. The predicted molar refractivity (Wildman–Crippen MR) is 125 cm³/mol. The van der Waals surface area contributed by atoms with E-state index >= 15 is 0 Å². The molecule has 0 aliphatic rings. The van der Waals surface area contributed by atoms with Gasteiger partial charge < -0.3 is 14.2 Å². The van der Waals surface area contributed by atoms with Gasteiger partial charge in [-0.1, -0.05) is 27.7 Å². The Labute approximate surface area is 183 Å². The molecule has 0 radical (unpaired) electrons. The molecular weight excluding hydrogens is 392 g/mol. The van der Waals surface area contributed by atoms with Crippen LogP contribution in [0.3, 0.4) is 0 Å². The van der Waals surface area contributed by atoms with Gasteiger partial charge in [0.15, 0.2) is 0 Å². The molecule has 0 aliphatic heterocycles. The quantitative estimate of drug-likeness (QED) is 0.299. The van der Waals surface area contributed by atoms with Crippen molar-refractivity contribution >= 4 is 16.7 Å². The summed E-state index contributed by atoms with van der Waals surface area (Å²) in [6.07, 6.45) is 2.15. The average molecular weight is 425 g/mol. The van der Waals surface area contributed by atoms with Crippen molar-refractivity contribution < 1.29 is 9.66 Å². The standard InChI is InChI=1S/C24H32N4O3/c1-5-20(6-2)31-21-12-9-18(10-13-21)24-25-22-17-19(28(29)30)11-14-23(22)27(24)16-15-26(7-3)8-4/h9-14,17,20H,5-8,15-16H2,1-4H3.